The molecule has 20 heavy (non-hydrogen) atoms. The Balaban J connectivity index is 0.00000200. The number of carbonyl (C=O) groups is 2. The average Bonchev–Trinajstić information content (AvgIpc) is 2.91. The Morgan fingerprint density at radius 1 is 1.55 bits per heavy atom. The van der Waals surface area contributed by atoms with E-state index in [0.29, 0.717) is 11.4 Å². The number of hydrogen-bond donors (Lipinski definition) is 2. The Morgan fingerprint density at radius 3 is 2.90 bits per heavy atom. The van der Waals surface area contributed by atoms with Crippen molar-refractivity contribution >= 4 is 35.6 Å². The number of rotatable bonds is 3. The van der Waals surface area contributed by atoms with Crippen LogP contribution in [0.2, 0.25) is 0 Å². The van der Waals surface area contributed by atoms with Crippen LogP contribution < -0.4 is 11.1 Å². The van der Waals surface area contributed by atoms with Crippen LogP contribution in [-0.4, -0.2) is 41.9 Å². The Hall–Kier alpha value is -1.11. The standard InChI is InChI=1S/C13H19N3O2S.ClH/c1-9(15-12(17)11-5-3-7-19-11)13(18)16-6-2-4-10(14)8-16;/h3,5,7,9-10H,2,4,6,8,14H2,1H3,(H,15,17);1H. The van der Waals surface area contributed by atoms with E-state index in [1.54, 1.807) is 17.9 Å². The second-order valence-electron chi connectivity index (χ2n) is 4.86. The first-order valence-electron chi connectivity index (χ1n) is 6.46. The minimum atomic E-state index is -0.514. The minimum Gasteiger partial charge on any atom is -0.340 e. The fraction of sp³-hybridized carbons (Fsp3) is 0.538. The van der Waals surface area contributed by atoms with Crippen LogP contribution in [-0.2, 0) is 4.79 Å². The number of hydrogen-bond acceptors (Lipinski definition) is 4. The number of halogens is 1. The van der Waals surface area contributed by atoms with E-state index in [2.05, 4.69) is 5.32 Å². The second-order valence-corrected chi connectivity index (χ2v) is 5.81. The van der Waals surface area contributed by atoms with Crippen molar-refractivity contribution in [3.05, 3.63) is 22.4 Å². The van der Waals surface area contributed by atoms with Gasteiger partial charge in [-0.25, -0.2) is 0 Å². The molecule has 2 atom stereocenters. The minimum absolute atomic E-state index is 0. The zero-order valence-corrected chi connectivity index (χ0v) is 13.0. The van der Waals surface area contributed by atoms with Crippen molar-refractivity contribution in [1.29, 1.82) is 0 Å². The van der Waals surface area contributed by atoms with Gasteiger partial charge in [-0.1, -0.05) is 6.07 Å². The first-order chi connectivity index (χ1) is 9.08. The van der Waals surface area contributed by atoms with E-state index in [-0.39, 0.29) is 30.3 Å². The average molecular weight is 318 g/mol. The third kappa shape index (κ3) is 4.19. The molecule has 1 fully saturated rings. The van der Waals surface area contributed by atoms with Crippen molar-refractivity contribution in [3.63, 3.8) is 0 Å². The summed E-state index contributed by atoms with van der Waals surface area (Å²) in [4.78, 5) is 26.4. The van der Waals surface area contributed by atoms with Crippen LogP contribution in [0.5, 0.6) is 0 Å². The molecular weight excluding hydrogens is 298 g/mol. The first-order valence-corrected chi connectivity index (χ1v) is 7.34. The molecule has 5 nitrogen and oxygen atoms in total. The Kier molecular flexibility index (Phi) is 6.45. The number of thiophene rings is 1. The van der Waals surface area contributed by atoms with Gasteiger partial charge < -0.3 is 16.0 Å². The summed E-state index contributed by atoms with van der Waals surface area (Å²) in [7, 11) is 0. The Bertz CT molecular complexity index is 452. The van der Waals surface area contributed by atoms with Gasteiger partial charge in [-0.15, -0.1) is 23.7 Å². The zero-order valence-electron chi connectivity index (χ0n) is 11.4. The van der Waals surface area contributed by atoms with Gasteiger partial charge in [0.25, 0.3) is 5.91 Å². The summed E-state index contributed by atoms with van der Waals surface area (Å²) >= 11 is 1.36. The lowest BCUT2D eigenvalue weighted by atomic mass is 10.1. The zero-order chi connectivity index (χ0) is 13.8. The van der Waals surface area contributed by atoms with Gasteiger partial charge in [0, 0.05) is 19.1 Å². The number of nitrogens with zero attached hydrogens (tertiary/aromatic N) is 1. The van der Waals surface area contributed by atoms with Gasteiger partial charge in [0.05, 0.1) is 4.88 Å². The lowest BCUT2D eigenvalue weighted by Gasteiger charge is -2.32. The quantitative estimate of drug-likeness (QED) is 0.880. The smallest absolute Gasteiger partial charge is 0.261 e. The van der Waals surface area contributed by atoms with Crippen molar-refractivity contribution in [2.75, 3.05) is 13.1 Å². The SMILES string of the molecule is CC(NC(=O)c1cccs1)C(=O)N1CCCC(N)C1.Cl. The van der Waals surface area contributed by atoms with E-state index in [4.69, 9.17) is 5.73 Å². The molecule has 1 aromatic heterocycles. The number of carbonyl (C=O) groups excluding carboxylic acids is 2. The monoisotopic (exact) mass is 317 g/mol. The fourth-order valence-electron chi connectivity index (χ4n) is 2.22. The highest BCUT2D eigenvalue weighted by Gasteiger charge is 2.26. The predicted octanol–water partition coefficient (Wildman–Crippen LogP) is 1.24. The van der Waals surface area contributed by atoms with E-state index in [0.717, 1.165) is 19.4 Å². The molecule has 2 amide bonds. The molecular formula is C13H20ClN3O2S. The van der Waals surface area contributed by atoms with Crippen molar-refractivity contribution < 1.29 is 9.59 Å². The van der Waals surface area contributed by atoms with E-state index >= 15 is 0 Å². The molecule has 0 spiro atoms. The largest absolute Gasteiger partial charge is 0.340 e. The molecule has 0 aliphatic carbocycles. The maximum Gasteiger partial charge on any atom is 0.261 e. The molecule has 0 bridgehead atoms. The molecule has 0 saturated carbocycles. The number of amides is 2. The summed E-state index contributed by atoms with van der Waals surface area (Å²) in [6.07, 6.45) is 1.89. The summed E-state index contributed by atoms with van der Waals surface area (Å²) < 4.78 is 0. The van der Waals surface area contributed by atoms with Crippen molar-refractivity contribution in [2.24, 2.45) is 5.73 Å². The molecule has 1 saturated heterocycles. The molecule has 2 heterocycles. The van der Waals surface area contributed by atoms with Crippen molar-refractivity contribution in [2.45, 2.75) is 31.8 Å². The third-order valence-electron chi connectivity index (χ3n) is 3.23. The van der Waals surface area contributed by atoms with Crippen LogP contribution in [0.15, 0.2) is 17.5 Å². The number of piperidine rings is 1. The molecule has 1 aromatic rings. The van der Waals surface area contributed by atoms with Gasteiger partial charge in [0.2, 0.25) is 5.91 Å². The van der Waals surface area contributed by atoms with E-state index in [1.807, 2.05) is 11.4 Å². The molecule has 0 radical (unpaired) electrons. The topological polar surface area (TPSA) is 75.4 Å². The highest BCUT2D eigenvalue weighted by Crippen LogP contribution is 2.11. The number of nitrogens with two attached hydrogens (primary N) is 1. The van der Waals surface area contributed by atoms with Gasteiger partial charge >= 0.3 is 0 Å². The lowest BCUT2D eigenvalue weighted by Crippen LogP contribution is -2.52. The van der Waals surface area contributed by atoms with Crippen LogP contribution in [0.4, 0.5) is 0 Å². The van der Waals surface area contributed by atoms with Crippen LogP contribution in [0.1, 0.15) is 29.4 Å². The molecule has 1 aliphatic heterocycles. The molecule has 0 aromatic carbocycles. The highest BCUT2D eigenvalue weighted by atomic mass is 35.5. The molecule has 112 valence electrons. The van der Waals surface area contributed by atoms with Crippen molar-refractivity contribution in [3.8, 4) is 0 Å². The van der Waals surface area contributed by atoms with Crippen LogP contribution >= 0.6 is 23.7 Å². The number of likely N-dealkylation sites (tertiary alicyclic amines) is 1. The second kappa shape index (κ2) is 7.61. The predicted molar refractivity (Wildman–Crippen MR) is 82.3 cm³/mol. The van der Waals surface area contributed by atoms with Crippen LogP contribution in [0, 0.1) is 0 Å². The lowest BCUT2D eigenvalue weighted by molar-refractivity contribution is -0.134. The molecule has 7 heteroatoms. The van der Waals surface area contributed by atoms with Crippen molar-refractivity contribution in [1.82, 2.24) is 10.2 Å². The summed E-state index contributed by atoms with van der Waals surface area (Å²) in [5.74, 6) is -0.253. The van der Waals surface area contributed by atoms with E-state index in [9.17, 15) is 9.59 Å². The molecule has 3 N–H and O–H groups in total. The van der Waals surface area contributed by atoms with Gasteiger partial charge in [0.15, 0.2) is 0 Å². The number of nitrogens with one attached hydrogen (secondary N) is 1. The van der Waals surface area contributed by atoms with Crippen LogP contribution in [0.3, 0.4) is 0 Å². The highest BCUT2D eigenvalue weighted by molar-refractivity contribution is 7.12. The van der Waals surface area contributed by atoms with Gasteiger partial charge in [-0.05, 0) is 31.2 Å². The summed E-state index contributed by atoms with van der Waals surface area (Å²) in [5.41, 5.74) is 5.86. The van der Waals surface area contributed by atoms with Gasteiger partial charge in [0.1, 0.15) is 6.04 Å². The maximum absolute atomic E-state index is 12.2. The first kappa shape index (κ1) is 16.9. The Morgan fingerprint density at radius 2 is 2.30 bits per heavy atom. The molecule has 1 aliphatic rings. The van der Waals surface area contributed by atoms with Gasteiger partial charge in [-0.2, -0.15) is 0 Å². The summed E-state index contributed by atoms with van der Waals surface area (Å²) in [6.45, 7) is 3.03. The summed E-state index contributed by atoms with van der Waals surface area (Å²) in [6, 6.07) is 3.10. The van der Waals surface area contributed by atoms with E-state index < -0.39 is 6.04 Å². The van der Waals surface area contributed by atoms with E-state index in [1.165, 1.54) is 11.3 Å². The van der Waals surface area contributed by atoms with Gasteiger partial charge in [-0.3, -0.25) is 9.59 Å². The Labute approximate surface area is 128 Å². The normalized spacial score (nSPS) is 19.9. The molecule has 2 unspecified atom stereocenters. The van der Waals surface area contributed by atoms with Crippen LogP contribution in [0.25, 0.3) is 0 Å². The maximum atomic E-state index is 12.2. The molecule has 2 rings (SSSR count). The third-order valence-corrected chi connectivity index (χ3v) is 4.10. The summed E-state index contributed by atoms with van der Waals surface area (Å²) in [5, 5.41) is 4.57. The fourth-order valence-corrected chi connectivity index (χ4v) is 2.85.